The fraction of sp³-hybridized carbons (Fsp3) is 0.500. The molecule has 0 aliphatic carbocycles. The summed E-state index contributed by atoms with van der Waals surface area (Å²) in [4.78, 5) is 1.38. The highest BCUT2D eigenvalue weighted by molar-refractivity contribution is 9.10. The normalized spacial score (nSPS) is 14.2. The molecule has 2 N–H and O–H groups in total. The summed E-state index contributed by atoms with van der Waals surface area (Å²) in [6, 6.07) is 5.03. The summed E-state index contributed by atoms with van der Waals surface area (Å²) in [6.07, 6.45) is 6.92. The van der Waals surface area contributed by atoms with Gasteiger partial charge in [-0.05, 0) is 60.9 Å². The third kappa shape index (κ3) is 4.95. The molecule has 116 valence electrons. The number of furan rings is 1. The Bertz CT molecular complexity index is 512. The fourth-order valence-electron chi connectivity index (χ4n) is 2.45. The number of hydrogen-bond acceptors (Lipinski definition) is 4. The smallest absolute Gasteiger partial charge is 0.0950 e. The summed E-state index contributed by atoms with van der Waals surface area (Å²) < 4.78 is 6.40. The van der Waals surface area contributed by atoms with Gasteiger partial charge >= 0.3 is 0 Å². The van der Waals surface area contributed by atoms with Gasteiger partial charge in [-0.25, -0.2) is 0 Å². The zero-order valence-corrected chi connectivity index (χ0v) is 15.0. The van der Waals surface area contributed by atoms with Crippen molar-refractivity contribution in [3.8, 4) is 0 Å². The van der Waals surface area contributed by atoms with Gasteiger partial charge in [0.05, 0.1) is 12.5 Å². The van der Waals surface area contributed by atoms with Crippen LogP contribution in [0.25, 0.3) is 0 Å². The number of hydrogen-bond donors (Lipinski definition) is 2. The van der Waals surface area contributed by atoms with Crippen LogP contribution in [0.4, 0.5) is 0 Å². The quantitative estimate of drug-likeness (QED) is 0.659. The second-order valence-electron chi connectivity index (χ2n) is 5.15. The first-order chi connectivity index (χ1) is 10.2. The van der Waals surface area contributed by atoms with E-state index in [1.165, 1.54) is 14.9 Å². The minimum absolute atomic E-state index is 0.364. The van der Waals surface area contributed by atoms with E-state index >= 15 is 0 Å². The molecule has 2 unspecified atom stereocenters. The molecule has 2 rings (SSSR count). The van der Waals surface area contributed by atoms with E-state index in [1.807, 2.05) is 13.3 Å². The van der Waals surface area contributed by atoms with Crippen molar-refractivity contribution in [2.45, 2.75) is 38.3 Å². The van der Waals surface area contributed by atoms with Crippen LogP contribution in [0.1, 0.15) is 48.7 Å². The molecular weight excluding hydrogens is 348 g/mol. The highest BCUT2D eigenvalue weighted by Gasteiger charge is 2.17. The van der Waals surface area contributed by atoms with Crippen LogP contribution in [-0.2, 0) is 0 Å². The Labute approximate surface area is 139 Å². The van der Waals surface area contributed by atoms with Crippen LogP contribution in [0.3, 0.4) is 0 Å². The van der Waals surface area contributed by atoms with E-state index in [0.29, 0.717) is 12.1 Å². The lowest BCUT2D eigenvalue weighted by Gasteiger charge is -2.21. The Balaban J connectivity index is 1.96. The van der Waals surface area contributed by atoms with Gasteiger partial charge in [-0.2, -0.15) is 0 Å². The topological polar surface area (TPSA) is 37.2 Å². The summed E-state index contributed by atoms with van der Waals surface area (Å²) in [5.41, 5.74) is 1.24. The van der Waals surface area contributed by atoms with Gasteiger partial charge in [0.2, 0.25) is 0 Å². The van der Waals surface area contributed by atoms with Gasteiger partial charge in [0.1, 0.15) is 0 Å². The van der Waals surface area contributed by atoms with Gasteiger partial charge < -0.3 is 15.1 Å². The molecule has 0 amide bonds. The fourth-order valence-corrected chi connectivity index (χ4v) is 4.04. The molecule has 0 aliphatic heterocycles. The van der Waals surface area contributed by atoms with E-state index < -0.39 is 0 Å². The molecule has 0 aliphatic rings. The Kier molecular flexibility index (Phi) is 6.96. The van der Waals surface area contributed by atoms with Crippen molar-refractivity contribution in [2.75, 3.05) is 13.6 Å². The predicted octanol–water partition coefficient (Wildman–Crippen LogP) is 4.89. The van der Waals surface area contributed by atoms with Gasteiger partial charge in [-0.3, -0.25) is 0 Å². The van der Waals surface area contributed by atoms with Crippen LogP contribution in [0.5, 0.6) is 0 Å². The van der Waals surface area contributed by atoms with Crippen LogP contribution in [0.2, 0.25) is 0 Å². The molecule has 0 fully saturated rings. The Morgan fingerprint density at radius 2 is 2.14 bits per heavy atom. The molecule has 3 nitrogen and oxygen atoms in total. The monoisotopic (exact) mass is 370 g/mol. The van der Waals surface area contributed by atoms with Crippen molar-refractivity contribution < 1.29 is 4.42 Å². The van der Waals surface area contributed by atoms with Crippen LogP contribution < -0.4 is 10.6 Å². The van der Waals surface area contributed by atoms with Crippen LogP contribution in [0, 0.1) is 0 Å². The molecular formula is C16H23BrN2OS. The molecule has 0 bridgehead atoms. The number of halogens is 1. The van der Waals surface area contributed by atoms with E-state index in [2.05, 4.69) is 51.0 Å². The maximum absolute atomic E-state index is 5.24. The number of rotatable bonds is 9. The maximum atomic E-state index is 5.24. The molecule has 2 heterocycles. The van der Waals surface area contributed by atoms with Crippen LogP contribution in [-0.4, -0.2) is 13.6 Å². The third-order valence-corrected chi connectivity index (χ3v) is 5.42. The molecule has 0 aromatic carbocycles. The van der Waals surface area contributed by atoms with E-state index in [4.69, 9.17) is 4.42 Å². The minimum Gasteiger partial charge on any atom is -0.472 e. The lowest BCUT2D eigenvalue weighted by Crippen LogP contribution is -2.24. The van der Waals surface area contributed by atoms with Gasteiger partial charge in [-0.15, -0.1) is 11.3 Å². The van der Waals surface area contributed by atoms with Crippen LogP contribution in [0.15, 0.2) is 38.9 Å². The summed E-state index contributed by atoms with van der Waals surface area (Å²) in [6.45, 7) is 3.23. The molecule has 0 radical (unpaired) electrons. The average Bonchev–Trinajstić information content (AvgIpc) is 3.14. The van der Waals surface area contributed by atoms with Crippen molar-refractivity contribution in [3.63, 3.8) is 0 Å². The largest absolute Gasteiger partial charge is 0.472 e. The molecule has 2 aromatic rings. The van der Waals surface area contributed by atoms with E-state index in [1.54, 1.807) is 17.6 Å². The summed E-state index contributed by atoms with van der Waals surface area (Å²) in [5.74, 6) is 0. The average molecular weight is 371 g/mol. The Morgan fingerprint density at radius 1 is 1.33 bits per heavy atom. The number of nitrogens with one attached hydrogen (secondary N) is 2. The lowest BCUT2D eigenvalue weighted by atomic mass is 10.0. The van der Waals surface area contributed by atoms with Crippen molar-refractivity contribution in [2.24, 2.45) is 0 Å². The zero-order chi connectivity index (χ0) is 15.1. The van der Waals surface area contributed by atoms with Crippen LogP contribution >= 0.6 is 27.3 Å². The van der Waals surface area contributed by atoms with E-state index in [0.717, 1.165) is 25.8 Å². The van der Waals surface area contributed by atoms with Crippen molar-refractivity contribution >= 4 is 27.3 Å². The Morgan fingerprint density at radius 3 is 2.71 bits per heavy atom. The summed E-state index contributed by atoms with van der Waals surface area (Å²) >= 11 is 5.33. The first-order valence-corrected chi connectivity index (χ1v) is 9.08. The second kappa shape index (κ2) is 8.73. The first-order valence-electron chi connectivity index (χ1n) is 7.41. The van der Waals surface area contributed by atoms with Gasteiger partial charge in [0.15, 0.2) is 0 Å². The molecule has 2 aromatic heterocycles. The summed E-state index contributed by atoms with van der Waals surface area (Å²) in [7, 11) is 2.03. The highest BCUT2D eigenvalue weighted by Crippen LogP contribution is 2.30. The van der Waals surface area contributed by atoms with Gasteiger partial charge in [-0.1, -0.05) is 6.92 Å². The lowest BCUT2D eigenvalue weighted by molar-refractivity contribution is 0.434. The first kappa shape index (κ1) is 16.7. The van der Waals surface area contributed by atoms with E-state index in [-0.39, 0.29) is 0 Å². The van der Waals surface area contributed by atoms with Crippen molar-refractivity contribution in [1.29, 1.82) is 0 Å². The Hall–Kier alpha value is -0.620. The van der Waals surface area contributed by atoms with Gasteiger partial charge in [0, 0.05) is 32.4 Å². The third-order valence-electron chi connectivity index (χ3n) is 3.61. The maximum Gasteiger partial charge on any atom is 0.0950 e. The standard InChI is InChI=1S/C16H23BrN2OS/c1-3-7-19-14(12-6-8-20-10-12)4-5-15(18-2)16-9-13(17)11-21-16/h6,8-11,14-15,18-19H,3-5,7H2,1-2H3. The number of thiophene rings is 1. The minimum atomic E-state index is 0.364. The molecule has 2 atom stereocenters. The highest BCUT2D eigenvalue weighted by atomic mass is 79.9. The molecule has 0 saturated heterocycles. The molecule has 5 heteroatoms. The molecule has 0 saturated carbocycles. The zero-order valence-electron chi connectivity index (χ0n) is 12.6. The predicted molar refractivity (Wildman–Crippen MR) is 92.8 cm³/mol. The van der Waals surface area contributed by atoms with Crippen molar-refractivity contribution in [3.05, 3.63) is 45.0 Å². The molecule has 21 heavy (non-hydrogen) atoms. The molecule has 0 spiro atoms. The summed E-state index contributed by atoms with van der Waals surface area (Å²) in [5, 5.41) is 9.18. The van der Waals surface area contributed by atoms with Crippen molar-refractivity contribution in [1.82, 2.24) is 10.6 Å². The van der Waals surface area contributed by atoms with E-state index in [9.17, 15) is 0 Å². The SMILES string of the molecule is CCCNC(CCC(NC)c1cc(Br)cs1)c1ccoc1. The second-order valence-corrected chi connectivity index (χ2v) is 7.01. The van der Waals surface area contributed by atoms with Gasteiger partial charge in [0.25, 0.3) is 0 Å².